The van der Waals surface area contributed by atoms with Gasteiger partial charge in [0.25, 0.3) is 11.1 Å². The minimum Gasteiger partial charge on any atom is -0.411 e. The SMILES string of the molecule is C[C@H](Sc1nnc(-c2ccccc2F)o1)C(=O)Nc1sccc1C#N. The van der Waals surface area contributed by atoms with Crippen molar-refractivity contribution in [3.8, 4) is 17.5 Å². The van der Waals surface area contributed by atoms with Crippen LogP contribution in [0.5, 0.6) is 0 Å². The lowest BCUT2D eigenvalue weighted by atomic mass is 10.2. The van der Waals surface area contributed by atoms with Crippen LogP contribution in [-0.2, 0) is 4.79 Å². The molecule has 3 aromatic rings. The smallest absolute Gasteiger partial charge is 0.277 e. The van der Waals surface area contributed by atoms with Gasteiger partial charge in [-0.2, -0.15) is 5.26 Å². The lowest BCUT2D eigenvalue weighted by Crippen LogP contribution is -2.22. The van der Waals surface area contributed by atoms with Crippen LogP contribution in [0, 0.1) is 17.1 Å². The van der Waals surface area contributed by atoms with Gasteiger partial charge in [0.2, 0.25) is 5.91 Å². The van der Waals surface area contributed by atoms with Crippen molar-refractivity contribution in [3.63, 3.8) is 0 Å². The highest BCUT2D eigenvalue weighted by Gasteiger charge is 2.20. The lowest BCUT2D eigenvalue weighted by Gasteiger charge is -2.08. The molecule has 0 aliphatic heterocycles. The number of hydrogen-bond acceptors (Lipinski definition) is 7. The Balaban J connectivity index is 1.67. The summed E-state index contributed by atoms with van der Waals surface area (Å²) in [7, 11) is 0. The Hall–Kier alpha value is -2.70. The predicted octanol–water partition coefficient (Wildman–Crippen LogP) is 3.93. The number of benzene rings is 1. The molecule has 2 heterocycles. The summed E-state index contributed by atoms with van der Waals surface area (Å²) in [5, 5.41) is 21.2. The Morgan fingerprint density at radius 3 is 2.96 bits per heavy atom. The van der Waals surface area contributed by atoms with Gasteiger partial charge in [0.05, 0.1) is 16.4 Å². The summed E-state index contributed by atoms with van der Waals surface area (Å²) in [4.78, 5) is 12.2. The van der Waals surface area contributed by atoms with Gasteiger partial charge in [0.1, 0.15) is 16.9 Å². The Bertz CT molecular complexity index is 948. The Morgan fingerprint density at radius 1 is 1.40 bits per heavy atom. The van der Waals surface area contributed by atoms with Crippen molar-refractivity contribution in [1.29, 1.82) is 5.26 Å². The van der Waals surface area contributed by atoms with Gasteiger partial charge >= 0.3 is 0 Å². The van der Waals surface area contributed by atoms with Crippen LogP contribution in [0.4, 0.5) is 9.39 Å². The molecule has 126 valence electrons. The molecular weight excluding hydrogens is 363 g/mol. The third-order valence-electron chi connectivity index (χ3n) is 3.18. The van der Waals surface area contributed by atoms with Crippen LogP contribution in [-0.4, -0.2) is 21.4 Å². The Kier molecular flexibility index (Phi) is 5.11. The van der Waals surface area contributed by atoms with Crippen LogP contribution in [0.1, 0.15) is 12.5 Å². The van der Waals surface area contributed by atoms with Crippen LogP contribution in [0.2, 0.25) is 0 Å². The number of amides is 1. The standard InChI is InChI=1S/C16H11FN4O2S2/c1-9(13(22)19-15-10(8-18)6-7-24-15)25-16-21-20-14(23-16)11-4-2-3-5-12(11)17/h2-7,9H,1H3,(H,19,22)/t9-/m0/s1. The van der Waals surface area contributed by atoms with Crippen molar-refractivity contribution < 1.29 is 13.6 Å². The monoisotopic (exact) mass is 374 g/mol. The molecule has 0 aliphatic carbocycles. The third-order valence-corrected chi connectivity index (χ3v) is 4.94. The van der Waals surface area contributed by atoms with Crippen molar-refractivity contribution in [3.05, 3.63) is 47.1 Å². The van der Waals surface area contributed by atoms with Gasteiger partial charge in [-0.25, -0.2) is 4.39 Å². The molecule has 2 aromatic heterocycles. The lowest BCUT2D eigenvalue weighted by molar-refractivity contribution is -0.115. The molecule has 0 radical (unpaired) electrons. The average molecular weight is 374 g/mol. The largest absolute Gasteiger partial charge is 0.411 e. The van der Waals surface area contributed by atoms with E-state index in [9.17, 15) is 9.18 Å². The molecule has 9 heteroatoms. The van der Waals surface area contributed by atoms with Crippen molar-refractivity contribution in [2.75, 3.05) is 5.32 Å². The number of hydrogen-bond donors (Lipinski definition) is 1. The van der Waals surface area contributed by atoms with Crippen molar-refractivity contribution in [2.45, 2.75) is 17.4 Å². The van der Waals surface area contributed by atoms with Gasteiger partial charge in [0.15, 0.2) is 0 Å². The molecule has 3 rings (SSSR count). The van der Waals surface area contributed by atoms with Crippen LogP contribution in [0.15, 0.2) is 45.4 Å². The molecule has 25 heavy (non-hydrogen) atoms. The number of anilines is 1. The first kappa shape index (κ1) is 17.1. The van der Waals surface area contributed by atoms with Crippen molar-refractivity contribution >= 4 is 34.0 Å². The first-order valence-corrected chi connectivity index (χ1v) is 8.88. The molecule has 0 unspecified atom stereocenters. The number of carbonyl (C=O) groups is 1. The van der Waals surface area contributed by atoms with Gasteiger partial charge in [-0.3, -0.25) is 4.79 Å². The minimum atomic E-state index is -0.539. The maximum Gasteiger partial charge on any atom is 0.277 e. The van der Waals surface area contributed by atoms with Crippen LogP contribution in [0.3, 0.4) is 0 Å². The zero-order valence-electron chi connectivity index (χ0n) is 12.9. The number of rotatable bonds is 5. The highest BCUT2D eigenvalue weighted by Crippen LogP contribution is 2.29. The van der Waals surface area contributed by atoms with Crippen molar-refractivity contribution in [2.24, 2.45) is 0 Å². The van der Waals surface area contributed by atoms with Crippen LogP contribution < -0.4 is 5.32 Å². The van der Waals surface area contributed by atoms with E-state index in [0.29, 0.717) is 10.6 Å². The zero-order chi connectivity index (χ0) is 17.8. The summed E-state index contributed by atoms with van der Waals surface area (Å²) in [5.74, 6) is -0.706. The maximum atomic E-state index is 13.7. The second-order valence-electron chi connectivity index (χ2n) is 4.88. The maximum absolute atomic E-state index is 13.7. The van der Waals surface area contributed by atoms with Gasteiger partial charge < -0.3 is 9.73 Å². The molecule has 0 saturated carbocycles. The summed E-state index contributed by atoms with van der Waals surface area (Å²) >= 11 is 2.33. The molecule has 1 N–H and O–H groups in total. The molecular formula is C16H11FN4O2S2. The molecule has 1 amide bonds. The van der Waals surface area contributed by atoms with E-state index in [4.69, 9.17) is 9.68 Å². The number of carbonyl (C=O) groups excluding carboxylic acids is 1. The van der Waals surface area contributed by atoms with Crippen molar-refractivity contribution in [1.82, 2.24) is 10.2 Å². The quantitative estimate of drug-likeness (QED) is 0.681. The number of aromatic nitrogens is 2. The molecule has 0 saturated heterocycles. The summed E-state index contributed by atoms with van der Waals surface area (Å²) in [6.07, 6.45) is 0. The summed E-state index contributed by atoms with van der Waals surface area (Å²) in [6.45, 7) is 1.67. The summed E-state index contributed by atoms with van der Waals surface area (Å²) in [5.41, 5.74) is 0.617. The van der Waals surface area contributed by atoms with E-state index in [1.807, 2.05) is 6.07 Å². The average Bonchev–Trinajstić information content (AvgIpc) is 3.24. The molecule has 1 atom stereocenters. The highest BCUT2D eigenvalue weighted by molar-refractivity contribution is 8.00. The number of halogens is 1. The van der Waals surface area contributed by atoms with E-state index in [1.54, 1.807) is 30.5 Å². The van der Waals surface area contributed by atoms with Gasteiger partial charge in [-0.15, -0.1) is 21.5 Å². The topological polar surface area (TPSA) is 91.8 Å². The van der Waals surface area contributed by atoms with Gasteiger partial charge in [-0.1, -0.05) is 23.9 Å². The second-order valence-corrected chi connectivity index (χ2v) is 7.09. The van der Waals surface area contributed by atoms with E-state index >= 15 is 0 Å². The predicted molar refractivity (Wildman–Crippen MR) is 92.7 cm³/mol. The van der Waals surface area contributed by atoms with E-state index in [2.05, 4.69) is 15.5 Å². The van der Waals surface area contributed by atoms with Gasteiger partial charge in [-0.05, 0) is 30.5 Å². The first-order valence-electron chi connectivity index (χ1n) is 7.12. The Morgan fingerprint density at radius 2 is 2.20 bits per heavy atom. The number of nitrogens with one attached hydrogen (secondary N) is 1. The molecule has 0 aliphatic rings. The molecule has 1 aromatic carbocycles. The zero-order valence-corrected chi connectivity index (χ0v) is 14.5. The Labute approximate surface area is 150 Å². The van der Waals surface area contributed by atoms with E-state index in [1.165, 1.54) is 23.5 Å². The van der Waals surface area contributed by atoms with E-state index in [0.717, 1.165) is 11.8 Å². The number of nitriles is 1. The summed E-state index contributed by atoms with van der Waals surface area (Å²) in [6, 6.07) is 9.71. The van der Waals surface area contributed by atoms with Gasteiger partial charge in [0, 0.05) is 0 Å². The summed E-state index contributed by atoms with van der Waals surface area (Å²) < 4.78 is 19.2. The first-order chi connectivity index (χ1) is 12.1. The fourth-order valence-electron chi connectivity index (χ4n) is 1.91. The second kappa shape index (κ2) is 7.46. The highest BCUT2D eigenvalue weighted by atomic mass is 32.2. The molecule has 6 nitrogen and oxygen atoms in total. The fraction of sp³-hybridized carbons (Fsp3) is 0.125. The van der Waals surface area contributed by atoms with Crippen LogP contribution >= 0.6 is 23.1 Å². The molecule has 0 spiro atoms. The third kappa shape index (κ3) is 3.87. The number of thiophene rings is 1. The molecule has 0 fully saturated rings. The fourth-order valence-corrected chi connectivity index (χ4v) is 3.34. The van der Waals surface area contributed by atoms with E-state index in [-0.39, 0.29) is 22.6 Å². The van der Waals surface area contributed by atoms with E-state index < -0.39 is 11.1 Å². The number of nitrogens with zero attached hydrogens (tertiary/aromatic N) is 3. The minimum absolute atomic E-state index is 0.0539. The normalized spacial score (nSPS) is 11.7. The van der Waals surface area contributed by atoms with Crippen LogP contribution in [0.25, 0.3) is 11.5 Å². The number of thioether (sulfide) groups is 1. The molecule has 0 bridgehead atoms.